The minimum Gasteiger partial charge on any atom is -0.325 e. The van der Waals surface area contributed by atoms with Gasteiger partial charge in [0.15, 0.2) is 0 Å². The zero-order valence-corrected chi connectivity index (χ0v) is 22.1. The molecular formula is C30H18IrN4S-2. The Labute approximate surface area is 227 Å². The Bertz CT molecular complexity index is 1700. The Morgan fingerprint density at radius 3 is 2.61 bits per heavy atom. The Morgan fingerprint density at radius 2 is 1.69 bits per heavy atom. The molecule has 0 N–H and O–H groups in total. The zero-order chi connectivity index (χ0) is 23.2. The molecule has 36 heavy (non-hydrogen) atoms. The van der Waals surface area contributed by atoms with Crippen molar-refractivity contribution in [2.45, 2.75) is 9.79 Å². The summed E-state index contributed by atoms with van der Waals surface area (Å²) >= 11 is 1.76. The Kier molecular flexibility index (Phi) is 5.94. The van der Waals surface area contributed by atoms with E-state index in [1.807, 2.05) is 48.8 Å². The van der Waals surface area contributed by atoms with Crippen LogP contribution in [-0.2, 0) is 20.1 Å². The zero-order valence-electron chi connectivity index (χ0n) is 18.9. The van der Waals surface area contributed by atoms with Crippen LogP contribution in [0.1, 0.15) is 0 Å². The van der Waals surface area contributed by atoms with E-state index < -0.39 is 0 Å². The molecule has 0 spiro atoms. The summed E-state index contributed by atoms with van der Waals surface area (Å²) in [6, 6.07) is 39.9. The first-order chi connectivity index (χ1) is 17.3. The third kappa shape index (κ3) is 3.84. The van der Waals surface area contributed by atoms with Gasteiger partial charge in [-0.1, -0.05) is 34.8 Å². The van der Waals surface area contributed by atoms with E-state index in [2.05, 4.69) is 87.2 Å². The maximum atomic E-state index is 5.05. The number of fused-ring (bicyclic) bond motifs is 3. The van der Waals surface area contributed by atoms with Crippen LogP contribution in [0.25, 0.3) is 28.0 Å². The molecule has 0 fully saturated rings. The molecule has 1 radical (unpaired) electrons. The van der Waals surface area contributed by atoms with Crippen LogP contribution in [0.2, 0.25) is 0 Å². The van der Waals surface area contributed by atoms with Crippen LogP contribution in [0.4, 0.5) is 17.2 Å². The molecule has 0 amide bonds. The van der Waals surface area contributed by atoms with Crippen molar-refractivity contribution in [3.05, 3.63) is 122 Å². The minimum atomic E-state index is 0. The monoisotopic (exact) mass is 659 g/mol. The van der Waals surface area contributed by atoms with Crippen molar-refractivity contribution >= 4 is 40.0 Å². The molecule has 6 aromatic rings. The summed E-state index contributed by atoms with van der Waals surface area (Å²) in [5.41, 5.74) is 5.78. The molecule has 4 heterocycles. The van der Waals surface area contributed by atoms with Crippen molar-refractivity contribution in [2.24, 2.45) is 0 Å². The fourth-order valence-electron chi connectivity index (χ4n) is 4.46. The van der Waals surface area contributed by atoms with E-state index in [9.17, 15) is 0 Å². The Morgan fingerprint density at radius 1 is 0.778 bits per heavy atom. The van der Waals surface area contributed by atoms with Gasteiger partial charge in [0.1, 0.15) is 11.5 Å². The van der Waals surface area contributed by atoms with E-state index in [0.29, 0.717) is 0 Å². The topological polar surface area (TPSA) is 34.0 Å². The molecule has 0 unspecified atom stereocenters. The van der Waals surface area contributed by atoms with Crippen molar-refractivity contribution in [3.63, 3.8) is 0 Å². The third-order valence-electron chi connectivity index (χ3n) is 6.08. The number of aromatic nitrogens is 3. The normalized spacial score (nSPS) is 12.1. The van der Waals surface area contributed by atoms with Crippen LogP contribution in [0.5, 0.6) is 0 Å². The van der Waals surface area contributed by atoms with Gasteiger partial charge in [0.05, 0.1) is 5.69 Å². The Balaban J connectivity index is 0.00000240. The molecule has 0 saturated heterocycles. The number of rotatable bonds is 3. The van der Waals surface area contributed by atoms with Gasteiger partial charge in [-0.2, -0.15) is 17.8 Å². The predicted octanol–water partition coefficient (Wildman–Crippen LogP) is 7.62. The molecule has 175 valence electrons. The van der Waals surface area contributed by atoms with Gasteiger partial charge in [0.25, 0.3) is 0 Å². The average molecular weight is 659 g/mol. The van der Waals surface area contributed by atoms with Crippen molar-refractivity contribution in [3.8, 4) is 16.9 Å². The summed E-state index contributed by atoms with van der Waals surface area (Å²) < 4.78 is 2.09. The van der Waals surface area contributed by atoms with Crippen LogP contribution < -0.4 is 4.90 Å². The molecular weight excluding hydrogens is 641 g/mol. The van der Waals surface area contributed by atoms with E-state index in [1.54, 1.807) is 11.8 Å². The first-order valence-corrected chi connectivity index (χ1v) is 12.2. The summed E-state index contributed by atoms with van der Waals surface area (Å²) in [6.45, 7) is 0. The number of para-hydroxylation sites is 1. The van der Waals surface area contributed by atoms with Gasteiger partial charge in [0, 0.05) is 42.8 Å². The number of pyridine rings is 2. The van der Waals surface area contributed by atoms with Crippen molar-refractivity contribution < 1.29 is 20.1 Å². The average Bonchev–Trinajstić information content (AvgIpc) is 3.36. The quantitative estimate of drug-likeness (QED) is 0.183. The van der Waals surface area contributed by atoms with Crippen LogP contribution in [0.3, 0.4) is 0 Å². The largest absolute Gasteiger partial charge is 0.325 e. The first kappa shape index (κ1) is 22.7. The number of anilines is 3. The SMILES string of the molecule is [Ir].[c-]1ccccc1-c1cccc(N2c3[c-]c(-n4ccc5cccnc54)ccc3Sc3ccccc32)n1. The van der Waals surface area contributed by atoms with Crippen LogP contribution in [0.15, 0.2) is 119 Å². The maximum Gasteiger partial charge on any atom is 0.142 e. The van der Waals surface area contributed by atoms with E-state index in [0.717, 1.165) is 50.1 Å². The molecule has 3 aromatic heterocycles. The number of hydrogen-bond acceptors (Lipinski definition) is 4. The summed E-state index contributed by atoms with van der Waals surface area (Å²) in [6.07, 6.45) is 3.87. The first-order valence-electron chi connectivity index (χ1n) is 11.4. The molecule has 4 nitrogen and oxygen atoms in total. The van der Waals surface area contributed by atoms with Gasteiger partial charge in [-0.05, 0) is 47.8 Å². The van der Waals surface area contributed by atoms with E-state index >= 15 is 0 Å². The predicted molar refractivity (Wildman–Crippen MR) is 141 cm³/mol. The van der Waals surface area contributed by atoms with Gasteiger partial charge in [0.2, 0.25) is 0 Å². The van der Waals surface area contributed by atoms with E-state index in [4.69, 9.17) is 4.98 Å². The molecule has 1 aliphatic rings. The van der Waals surface area contributed by atoms with Crippen molar-refractivity contribution in [1.29, 1.82) is 0 Å². The number of hydrogen-bond donors (Lipinski definition) is 0. The second kappa shape index (κ2) is 9.40. The minimum absolute atomic E-state index is 0. The fraction of sp³-hybridized carbons (Fsp3) is 0. The van der Waals surface area contributed by atoms with Crippen LogP contribution >= 0.6 is 11.8 Å². The third-order valence-corrected chi connectivity index (χ3v) is 7.19. The van der Waals surface area contributed by atoms with Crippen LogP contribution in [-0.4, -0.2) is 14.5 Å². The summed E-state index contributed by atoms with van der Waals surface area (Å²) in [7, 11) is 0. The van der Waals surface area contributed by atoms with Gasteiger partial charge in [-0.25, -0.2) is 4.98 Å². The van der Waals surface area contributed by atoms with Crippen LogP contribution in [0, 0.1) is 12.1 Å². The van der Waals surface area contributed by atoms with Gasteiger partial charge in [-0.3, -0.25) is 4.98 Å². The standard InChI is InChI=1S/C30H18N4S.Ir/c1-2-8-21(9-3-1)24-11-6-14-29(32-24)34-25-12-4-5-13-27(25)35-28-16-15-23(20-26(28)34)33-19-17-22-10-7-18-31-30(22)33;/h1-8,10-19H;/q-2;. The summed E-state index contributed by atoms with van der Waals surface area (Å²) in [5, 5.41) is 1.10. The van der Waals surface area contributed by atoms with E-state index in [1.165, 1.54) is 4.90 Å². The number of benzene rings is 3. The second-order valence-electron chi connectivity index (χ2n) is 8.22. The molecule has 0 saturated carbocycles. The summed E-state index contributed by atoms with van der Waals surface area (Å²) in [5.74, 6) is 0.845. The van der Waals surface area contributed by atoms with Gasteiger partial charge < -0.3 is 9.47 Å². The number of nitrogens with zero attached hydrogens (tertiary/aromatic N) is 4. The van der Waals surface area contributed by atoms with E-state index in [-0.39, 0.29) is 20.1 Å². The molecule has 3 aromatic carbocycles. The maximum absolute atomic E-state index is 5.05. The molecule has 1 aliphatic heterocycles. The van der Waals surface area contributed by atoms with Crippen molar-refractivity contribution in [1.82, 2.24) is 14.5 Å². The smallest absolute Gasteiger partial charge is 0.142 e. The molecule has 7 rings (SSSR count). The Hall–Kier alpha value is -3.70. The summed E-state index contributed by atoms with van der Waals surface area (Å²) in [4.78, 5) is 14.2. The molecule has 0 bridgehead atoms. The van der Waals surface area contributed by atoms with Gasteiger partial charge >= 0.3 is 0 Å². The van der Waals surface area contributed by atoms with Crippen molar-refractivity contribution in [2.75, 3.05) is 4.90 Å². The molecule has 0 aliphatic carbocycles. The molecule has 6 heteroatoms. The fourth-order valence-corrected chi connectivity index (χ4v) is 5.49. The second-order valence-corrected chi connectivity index (χ2v) is 9.30. The van der Waals surface area contributed by atoms with Gasteiger partial charge in [-0.15, -0.1) is 48.0 Å². The molecule has 0 atom stereocenters.